The van der Waals surface area contributed by atoms with Crippen LogP contribution in [0, 0.1) is 5.82 Å². The zero-order chi connectivity index (χ0) is 22.2. The van der Waals surface area contributed by atoms with Crippen molar-refractivity contribution < 1.29 is 17.6 Å². The zero-order valence-electron chi connectivity index (χ0n) is 16.7. The van der Waals surface area contributed by atoms with Crippen LogP contribution in [0.4, 0.5) is 10.1 Å². The minimum absolute atomic E-state index is 0.0632. The van der Waals surface area contributed by atoms with Gasteiger partial charge in [-0.05, 0) is 38.0 Å². The van der Waals surface area contributed by atoms with Crippen LogP contribution in [0.1, 0.15) is 35.8 Å². The molecule has 31 heavy (non-hydrogen) atoms. The summed E-state index contributed by atoms with van der Waals surface area (Å²) in [5.74, 6) is -1.28. The van der Waals surface area contributed by atoms with Crippen molar-refractivity contribution in [2.75, 3.05) is 12.4 Å². The van der Waals surface area contributed by atoms with Gasteiger partial charge in [0.15, 0.2) is 4.96 Å². The number of guanidine groups is 1. The number of aromatic nitrogens is 2. The van der Waals surface area contributed by atoms with E-state index in [1.54, 1.807) is 23.7 Å². The number of imidazole rings is 1. The maximum absolute atomic E-state index is 15.0. The van der Waals surface area contributed by atoms with Crippen molar-refractivity contribution in [1.82, 2.24) is 13.7 Å². The average molecular weight is 463 g/mol. The average Bonchev–Trinajstić information content (AvgIpc) is 3.28. The van der Waals surface area contributed by atoms with E-state index in [4.69, 9.17) is 5.73 Å². The van der Waals surface area contributed by atoms with Crippen molar-refractivity contribution in [3.05, 3.63) is 53.0 Å². The molecule has 1 spiro atoms. The van der Waals surface area contributed by atoms with Crippen LogP contribution in [0.25, 0.3) is 4.96 Å². The Morgan fingerprint density at radius 1 is 1.35 bits per heavy atom. The number of carbonyl (C=O) groups is 1. The van der Waals surface area contributed by atoms with E-state index in [0.717, 1.165) is 4.31 Å². The van der Waals surface area contributed by atoms with E-state index in [9.17, 15) is 17.6 Å². The molecule has 1 atom stereocenters. The van der Waals surface area contributed by atoms with E-state index in [1.807, 2.05) is 5.38 Å². The van der Waals surface area contributed by atoms with E-state index >= 15 is 0 Å². The van der Waals surface area contributed by atoms with Gasteiger partial charge >= 0.3 is 0 Å². The highest BCUT2D eigenvalue weighted by Crippen LogP contribution is 2.60. The standard InChI is InChI=1S/C19H19FN6O3S2/c1-18(19(5-6-19)31(28,29)25(2)16(21)24-18)12-9-11(3-4-13(12)20)22-15(27)14-10-26-7-8-30-17(26)23-14/h3-4,7-10H,5-6H2,1-2H3,(H2,21,24)(H,22,27)/t18-/m1/s1. The van der Waals surface area contributed by atoms with Gasteiger partial charge in [-0.3, -0.25) is 9.20 Å². The molecule has 1 aromatic carbocycles. The van der Waals surface area contributed by atoms with Crippen molar-refractivity contribution in [3.63, 3.8) is 0 Å². The lowest BCUT2D eigenvalue weighted by Crippen LogP contribution is -2.58. The van der Waals surface area contributed by atoms with Crippen LogP contribution in [0.3, 0.4) is 0 Å². The number of carbonyl (C=O) groups excluding carboxylic acids is 1. The molecule has 3 heterocycles. The third-order valence-corrected chi connectivity index (χ3v) is 9.65. The highest BCUT2D eigenvalue weighted by molar-refractivity contribution is 7.91. The van der Waals surface area contributed by atoms with Crippen LogP contribution < -0.4 is 11.1 Å². The van der Waals surface area contributed by atoms with Crippen molar-refractivity contribution in [2.45, 2.75) is 30.1 Å². The predicted molar refractivity (Wildman–Crippen MR) is 115 cm³/mol. The lowest BCUT2D eigenvalue weighted by molar-refractivity contribution is 0.102. The predicted octanol–water partition coefficient (Wildman–Crippen LogP) is 2.12. The Morgan fingerprint density at radius 2 is 2.10 bits per heavy atom. The van der Waals surface area contributed by atoms with Gasteiger partial charge < -0.3 is 11.1 Å². The number of thiazole rings is 1. The molecule has 1 fully saturated rings. The van der Waals surface area contributed by atoms with E-state index in [2.05, 4.69) is 15.3 Å². The first-order chi connectivity index (χ1) is 14.6. The number of amides is 1. The summed E-state index contributed by atoms with van der Waals surface area (Å²) < 4.78 is 42.5. The Labute approximate surface area is 181 Å². The number of hydrogen-bond donors (Lipinski definition) is 2. The molecule has 162 valence electrons. The Morgan fingerprint density at radius 3 is 2.77 bits per heavy atom. The summed E-state index contributed by atoms with van der Waals surface area (Å²) in [4.78, 5) is 22.0. The molecule has 3 N–H and O–H groups in total. The fourth-order valence-electron chi connectivity index (χ4n) is 4.21. The molecule has 2 aliphatic rings. The number of halogens is 1. The number of benzene rings is 1. The Bertz CT molecular complexity index is 1350. The molecule has 12 heteroatoms. The molecule has 5 rings (SSSR count). The normalized spacial score (nSPS) is 23.7. The van der Waals surface area contributed by atoms with Crippen molar-refractivity contribution >= 4 is 43.9 Å². The second-order valence-corrected chi connectivity index (χ2v) is 11.0. The summed E-state index contributed by atoms with van der Waals surface area (Å²) in [5, 5.41) is 4.56. The molecule has 1 aliphatic carbocycles. The first-order valence-electron chi connectivity index (χ1n) is 9.46. The fraction of sp³-hybridized carbons (Fsp3) is 0.316. The first kappa shape index (κ1) is 19.9. The number of rotatable bonds is 3. The molecule has 1 aliphatic heterocycles. The van der Waals surface area contributed by atoms with Gasteiger partial charge in [0.1, 0.15) is 21.8 Å². The summed E-state index contributed by atoms with van der Waals surface area (Å²) in [6, 6.07) is 4.02. The number of sulfonamides is 1. The quantitative estimate of drug-likeness (QED) is 0.617. The third-order valence-electron chi connectivity index (χ3n) is 6.18. The second kappa shape index (κ2) is 6.26. The van der Waals surface area contributed by atoms with Crippen molar-refractivity contribution in [2.24, 2.45) is 10.7 Å². The lowest BCUT2D eigenvalue weighted by Gasteiger charge is -2.42. The number of nitrogens with one attached hydrogen (secondary N) is 1. The lowest BCUT2D eigenvalue weighted by atomic mass is 9.86. The Hall–Kier alpha value is -2.99. The first-order valence-corrected chi connectivity index (χ1v) is 11.8. The van der Waals surface area contributed by atoms with Gasteiger partial charge in [0.05, 0.1) is 0 Å². The van der Waals surface area contributed by atoms with Crippen LogP contribution in [0.2, 0.25) is 0 Å². The summed E-state index contributed by atoms with van der Waals surface area (Å²) in [5.41, 5.74) is 5.04. The fourth-order valence-corrected chi connectivity index (χ4v) is 7.00. The molecule has 2 aromatic heterocycles. The van der Waals surface area contributed by atoms with Crippen LogP contribution in [-0.2, 0) is 15.6 Å². The van der Waals surface area contributed by atoms with Crippen LogP contribution >= 0.6 is 11.3 Å². The van der Waals surface area contributed by atoms with Gasteiger partial charge in [-0.2, -0.15) is 0 Å². The van der Waals surface area contributed by atoms with Crippen LogP contribution in [0.15, 0.2) is 41.0 Å². The maximum atomic E-state index is 15.0. The van der Waals surface area contributed by atoms with E-state index in [0.29, 0.717) is 23.5 Å². The van der Waals surface area contributed by atoms with E-state index < -0.39 is 32.0 Å². The molecule has 3 aromatic rings. The molecule has 0 saturated heterocycles. The Kier molecular flexibility index (Phi) is 4.03. The number of aliphatic imine (C=N–C) groups is 1. The van der Waals surface area contributed by atoms with Crippen molar-refractivity contribution in [3.8, 4) is 0 Å². The van der Waals surface area contributed by atoms with Crippen LogP contribution in [0.5, 0.6) is 0 Å². The molecular formula is C19H19FN6O3S2. The number of hydrogen-bond acceptors (Lipinski definition) is 7. The number of anilines is 1. The van der Waals surface area contributed by atoms with Gasteiger partial charge in [-0.25, -0.2) is 27.1 Å². The number of nitrogens with zero attached hydrogens (tertiary/aromatic N) is 4. The number of nitrogens with two attached hydrogens (primary N) is 1. The van der Waals surface area contributed by atoms with E-state index in [1.165, 1.54) is 36.6 Å². The van der Waals surface area contributed by atoms with E-state index in [-0.39, 0.29) is 17.2 Å². The largest absolute Gasteiger partial charge is 0.369 e. The smallest absolute Gasteiger partial charge is 0.275 e. The van der Waals surface area contributed by atoms with Crippen molar-refractivity contribution in [1.29, 1.82) is 0 Å². The van der Waals surface area contributed by atoms with Gasteiger partial charge in [0.2, 0.25) is 16.0 Å². The molecular weight excluding hydrogens is 443 g/mol. The highest BCUT2D eigenvalue weighted by Gasteiger charge is 2.70. The van der Waals surface area contributed by atoms with Gasteiger partial charge in [0, 0.05) is 36.1 Å². The minimum Gasteiger partial charge on any atom is -0.369 e. The van der Waals surface area contributed by atoms with Crippen LogP contribution in [-0.4, -0.2) is 45.8 Å². The zero-order valence-corrected chi connectivity index (χ0v) is 18.3. The maximum Gasteiger partial charge on any atom is 0.275 e. The van der Waals surface area contributed by atoms with Gasteiger partial charge in [-0.1, -0.05) is 0 Å². The highest BCUT2D eigenvalue weighted by atomic mass is 32.2. The molecule has 0 radical (unpaired) electrons. The SMILES string of the molecule is CN1C(N)=N[C@](C)(c2cc(NC(=O)c3cn4ccsc4n3)ccc2F)C2(CC2)S1(=O)=O. The summed E-state index contributed by atoms with van der Waals surface area (Å²) in [7, 11) is -2.48. The summed E-state index contributed by atoms with van der Waals surface area (Å²) in [6.45, 7) is 1.57. The monoisotopic (exact) mass is 462 g/mol. The summed E-state index contributed by atoms with van der Waals surface area (Å²) >= 11 is 1.40. The molecule has 0 bridgehead atoms. The Balaban J connectivity index is 1.54. The van der Waals surface area contributed by atoms with Gasteiger partial charge in [0.25, 0.3) is 5.91 Å². The molecule has 9 nitrogen and oxygen atoms in total. The third kappa shape index (κ3) is 2.64. The molecule has 0 unspecified atom stereocenters. The molecule has 1 amide bonds. The van der Waals surface area contributed by atoms with Gasteiger partial charge in [-0.15, -0.1) is 11.3 Å². The second-order valence-electron chi connectivity index (χ2n) is 7.88. The minimum atomic E-state index is -3.83. The summed E-state index contributed by atoms with van der Waals surface area (Å²) in [6.07, 6.45) is 4.07. The molecule has 1 saturated carbocycles. The topological polar surface area (TPSA) is 122 Å². The number of fused-ring (bicyclic) bond motifs is 1.